The summed E-state index contributed by atoms with van der Waals surface area (Å²) >= 11 is 5.00. The molecule has 2 N–H and O–H groups in total. The SMILES string of the molecule is Br.Br.CSc1cc2c(=O)n(CC(=O)C[C@H]3NCCC[C@@H]3O)cnc2cc1Br. The minimum absolute atomic E-state index is 0. The number of fused-ring (bicyclic) bond motifs is 1. The van der Waals surface area contributed by atoms with Crippen molar-refractivity contribution in [1.82, 2.24) is 14.9 Å². The van der Waals surface area contributed by atoms with Gasteiger partial charge in [-0.05, 0) is 53.7 Å². The van der Waals surface area contributed by atoms with Gasteiger partial charge < -0.3 is 10.4 Å². The molecule has 1 fully saturated rings. The van der Waals surface area contributed by atoms with Crippen LogP contribution < -0.4 is 10.9 Å². The maximum atomic E-state index is 12.7. The number of carbonyl (C=O) groups is 1. The lowest BCUT2D eigenvalue weighted by molar-refractivity contribution is -0.121. The van der Waals surface area contributed by atoms with E-state index in [0.29, 0.717) is 17.3 Å². The van der Waals surface area contributed by atoms with Crippen LogP contribution in [0.2, 0.25) is 0 Å². The second-order valence-electron chi connectivity index (χ2n) is 6.19. The number of Topliss-reactive ketones (excluding diaryl/α,β-unsaturated/α-hetero) is 1. The first-order valence-corrected chi connectivity index (χ1v) is 10.2. The van der Waals surface area contributed by atoms with Crippen LogP contribution in [0.15, 0.2) is 32.6 Å². The standard InChI is InChI=1S/C17H20BrN3O3S.2BrH/c1-25-16-6-11-13(7-12(16)18)20-9-21(17(11)24)8-10(22)5-14-15(23)3-2-4-19-14;;/h6-7,9,14-15,19,23H,2-5,8H2,1H3;2*1H/t14-,15+;;/m1../s1. The van der Waals surface area contributed by atoms with E-state index in [1.54, 1.807) is 6.07 Å². The molecule has 0 radical (unpaired) electrons. The fraction of sp³-hybridized carbons (Fsp3) is 0.471. The zero-order valence-electron chi connectivity index (χ0n) is 14.7. The lowest BCUT2D eigenvalue weighted by atomic mass is 9.97. The van der Waals surface area contributed by atoms with E-state index >= 15 is 0 Å². The third kappa shape index (κ3) is 5.86. The van der Waals surface area contributed by atoms with Crippen LogP contribution in [0.1, 0.15) is 19.3 Å². The summed E-state index contributed by atoms with van der Waals surface area (Å²) in [6.45, 7) is 0.774. The highest BCUT2D eigenvalue weighted by Crippen LogP contribution is 2.28. The Morgan fingerprint density at radius 1 is 1.44 bits per heavy atom. The minimum atomic E-state index is -0.509. The number of aliphatic hydroxyl groups is 1. The average molecular weight is 588 g/mol. The van der Waals surface area contributed by atoms with Gasteiger partial charge in [-0.1, -0.05) is 0 Å². The van der Waals surface area contributed by atoms with Crippen LogP contribution in [-0.4, -0.2) is 45.4 Å². The predicted octanol–water partition coefficient (Wildman–Crippen LogP) is 3.11. The van der Waals surface area contributed by atoms with Gasteiger partial charge in [0.05, 0.1) is 29.9 Å². The molecule has 1 aromatic heterocycles. The van der Waals surface area contributed by atoms with Gasteiger partial charge in [0.2, 0.25) is 0 Å². The molecule has 1 aliphatic heterocycles. The van der Waals surface area contributed by atoms with Gasteiger partial charge in [-0.2, -0.15) is 0 Å². The van der Waals surface area contributed by atoms with E-state index < -0.39 is 6.10 Å². The molecule has 3 rings (SSSR count). The number of rotatable bonds is 5. The molecule has 2 aromatic rings. The Morgan fingerprint density at radius 3 is 2.85 bits per heavy atom. The first-order valence-electron chi connectivity index (χ1n) is 8.15. The van der Waals surface area contributed by atoms with E-state index in [1.165, 1.54) is 22.7 Å². The summed E-state index contributed by atoms with van der Waals surface area (Å²) in [5.41, 5.74) is 0.376. The first-order chi connectivity index (χ1) is 12.0. The summed E-state index contributed by atoms with van der Waals surface area (Å²) in [4.78, 5) is 30.3. The van der Waals surface area contributed by atoms with Gasteiger partial charge in [-0.3, -0.25) is 14.2 Å². The molecule has 2 heterocycles. The molecule has 2 atom stereocenters. The van der Waals surface area contributed by atoms with Gasteiger partial charge in [0, 0.05) is 21.8 Å². The monoisotopic (exact) mass is 585 g/mol. The molecule has 6 nitrogen and oxygen atoms in total. The highest BCUT2D eigenvalue weighted by molar-refractivity contribution is 9.10. The third-order valence-electron chi connectivity index (χ3n) is 4.44. The zero-order chi connectivity index (χ0) is 18.0. The maximum Gasteiger partial charge on any atom is 0.261 e. The minimum Gasteiger partial charge on any atom is -0.391 e. The van der Waals surface area contributed by atoms with Crippen molar-refractivity contribution in [3.63, 3.8) is 0 Å². The van der Waals surface area contributed by atoms with Gasteiger partial charge in [-0.15, -0.1) is 45.7 Å². The van der Waals surface area contributed by atoms with Crippen LogP contribution in [0.3, 0.4) is 0 Å². The van der Waals surface area contributed by atoms with Crippen LogP contribution in [-0.2, 0) is 11.3 Å². The van der Waals surface area contributed by atoms with Crippen molar-refractivity contribution in [3.05, 3.63) is 33.3 Å². The fourth-order valence-electron chi connectivity index (χ4n) is 3.07. The molecule has 1 aliphatic rings. The number of carbonyl (C=O) groups excluding carboxylic acids is 1. The fourth-order valence-corrected chi connectivity index (χ4v) is 4.38. The number of aliphatic hydroxyl groups excluding tert-OH is 1. The smallest absolute Gasteiger partial charge is 0.261 e. The van der Waals surface area contributed by atoms with Crippen LogP contribution in [0.5, 0.6) is 0 Å². The predicted molar refractivity (Wildman–Crippen MR) is 123 cm³/mol. The number of hydrogen-bond donors (Lipinski definition) is 2. The molecule has 0 bridgehead atoms. The first kappa shape index (κ1) is 24.8. The molecule has 150 valence electrons. The maximum absolute atomic E-state index is 12.7. The molecule has 0 amide bonds. The number of piperidine rings is 1. The number of benzene rings is 1. The summed E-state index contributed by atoms with van der Waals surface area (Å²) in [5.74, 6) is -0.0936. The molecule has 1 saturated heterocycles. The summed E-state index contributed by atoms with van der Waals surface area (Å²) in [7, 11) is 0. The van der Waals surface area contributed by atoms with Gasteiger partial charge in [-0.25, -0.2) is 4.98 Å². The van der Waals surface area contributed by atoms with E-state index in [-0.39, 0.29) is 64.3 Å². The number of thioether (sulfide) groups is 1. The number of ketones is 1. The van der Waals surface area contributed by atoms with Crippen LogP contribution in [0.25, 0.3) is 10.9 Å². The molecule has 0 unspecified atom stereocenters. The van der Waals surface area contributed by atoms with Crippen molar-refractivity contribution >= 4 is 78.3 Å². The van der Waals surface area contributed by atoms with E-state index in [2.05, 4.69) is 26.2 Å². The quantitative estimate of drug-likeness (QED) is 0.523. The molecule has 0 aliphatic carbocycles. The molecular formula is C17H22Br3N3O3S. The number of nitrogens with one attached hydrogen (secondary N) is 1. The van der Waals surface area contributed by atoms with Crippen molar-refractivity contribution in [3.8, 4) is 0 Å². The summed E-state index contributed by atoms with van der Waals surface area (Å²) in [5, 5.41) is 13.6. The van der Waals surface area contributed by atoms with Crippen molar-refractivity contribution < 1.29 is 9.90 Å². The molecule has 0 spiro atoms. The van der Waals surface area contributed by atoms with E-state index in [9.17, 15) is 14.7 Å². The molecule has 27 heavy (non-hydrogen) atoms. The van der Waals surface area contributed by atoms with Gasteiger partial charge in [0.25, 0.3) is 5.56 Å². The van der Waals surface area contributed by atoms with E-state index in [4.69, 9.17) is 0 Å². The second kappa shape index (κ2) is 11.1. The van der Waals surface area contributed by atoms with Crippen molar-refractivity contribution in [2.24, 2.45) is 0 Å². The summed E-state index contributed by atoms with van der Waals surface area (Å²) in [6.07, 6.45) is 4.67. The number of halogens is 3. The van der Waals surface area contributed by atoms with Crippen LogP contribution >= 0.6 is 61.7 Å². The Bertz CT molecular complexity index is 862. The van der Waals surface area contributed by atoms with Crippen LogP contribution in [0.4, 0.5) is 0 Å². The highest BCUT2D eigenvalue weighted by Gasteiger charge is 2.25. The second-order valence-corrected chi connectivity index (χ2v) is 7.90. The Kier molecular flexibility index (Phi) is 10.2. The van der Waals surface area contributed by atoms with Gasteiger partial charge in [0.1, 0.15) is 0 Å². The van der Waals surface area contributed by atoms with Crippen molar-refractivity contribution in [2.45, 2.75) is 42.8 Å². The lowest BCUT2D eigenvalue weighted by Crippen LogP contribution is -2.46. The normalized spacial score (nSPS) is 19.2. The van der Waals surface area contributed by atoms with E-state index in [0.717, 1.165) is 22.3 Å². The molecule has 0 saturated carbocycles. The molecular weight excluding hydrogens is 566 g/mol. The zero-order valence-corrected chi connectivity index (χ0v) is 20.5. The average Bonchev–Trinajstić information content (AvgIpc) is 2.59. The Hall–Kier alpha value is -0.260. The van der Waals surface area contributed by atoms with E-state index in [1.807, 2.05) is 12.3 Å². The van der Waals surface area contributed by atoms with Crippen molar-refractivity contribution in [2.75, 3.05) is 12.8 Å². The number of nitrogens with zero attached hydrogens (tertiary/aromatic N) is 2. The largest absolute Gasteiger partial charge is 0.391 e. The Labute approximate surface area is 191 Å². The topological polar surface area (TPSA) is 84.2 Å². The molecule has 1 aromatic carbocycles. The number of hydrogen-bond acceptors (Lipinski definition) is 6. The third-order valence-corrected chi connectivity index (χ3v) is 6.14. The van der Waals surface area contributed by atoms with Crippen molar-refractivity contribution in [1.29, 1.82) is 0 Å². The highest BCUT2D eigenvalue weighted by atomic mass is 79.9. The summed E-state index contributed by atoms with van der Waals surface area (Å²) < 4.78 is 2.24. The summed E-state index contributed by atoms with van der Waals surface area (Å²) in [6, 6.07) is 3.38. The Balaban J connectivity index is 0.00000182. The molecule has 10 heteroatoms. The number of aromatic nitrogens is 2. The Morgan fingerprint density at radius 2 is 2.19 bits per heavy atom. The van der Waals surface area contributed by atoms with Crippen LogP contribution in [0, 0.1) is 0 Å². The van der Waals surface area contributed by atoms with Gasteiger partial charge in [0.15, 0.2) is 5.78 Å². The lowest BCUT2D eigenvalue weighted by Gasteiger charge is -2.28. The van der Waals surface area contributed by atoms with Gasteiger partial charge >= 0.3 is 0 Å².